The van der Waals surface area contributed by atoms with Crippen LogP contribution in [0, 0.1) is 0 Å². The van der Waals surface area contributed by atoms with Crippen LogP contribution >= 0.6 is 0 Å². The molecule has 1 aromatic carbocycles. The van der Waals surface area contributed by atoms with Crippen LogP contribution in [0.3, 0.4) is 0 Å². The van der Waals surface area contributed by atoms with E-state index in [0.29, 0.717) is 25.7 Å². The molecule has 0 aliphatic carbocycles. The van der Waals surface area contributed by atoms with E-state index in [-0.39, 0.29) is 17.9 Å². The molecule has 1 unspecified atom stereocenters. The molecule has 0 spiro atoms. The van der Waals surface area contributed by atoms with Gasteiger partial charge in [0.05, 0.1) is 18.9 Å². The summed E-state index contributed by atoms with van der Waals surface area (Å²) >= 11 is 0. The van der Waals surface area contributed by atoms with Gasteiger partial charge in [-0.3, -0.25) is 14.9 Å². The zero-order chi connectivity index (χ0) is 19.2. The first kappa shape index (κ1) is 19.2. The molecule has 1 saturated heterocycles. The summed E-state index contributed by atoms with van der Waals surface area (Å²) in [4.78, 5) is 29.3. The standard InChI is InChI=1S/C20H27N3O4/c1-3-18-19(25)22-20-21-17-9-8-16(12-15(17)13-23(18)20)27-11-7-5-4-6-10-26-14(2)24/h8-9,12,18H,3-7,10-11,13H2,1-2H3,(H,21,22,25). The van der Waals surface area contributed by atoms with Gasteiger partial charge in [0.25, 0.3) is 0 Å². The molecule has 146 valence electrons. The minimum absolute atomic E-state index is 0.0224. The van der Waals surface area contributed by atoms with Gasteiger partial charge < -0.3 is 14.4 Å². The van der Waals surface area contributed by atoms with Gasteiger partial charge in [-0.1, -0.05) is 6.92 Å². The topological polar surface area (TPSA) is 80.2 Å². The Morgan fingerprint density at radius 3 is 2.78 bits per heavy atom. The van der Waals surface area contributed by atoms with Gasteiger partial charge >= 0.3 is 5.97 Å². The number of carbonyl (C=O) groups excluding carboxylic acids is 2. The number of hydrogen-bond donors (Lipinski definition) is 1. The number of nitrogens with one attached hydrogen (secondary N) is 1. The molecule has 0 aromatic heterocycles. The quantitative estimate of drug-likeness (QED) is 0.532. The van der Waals surface area contributed by atoms with Crippen molar-refractivity contribution in [2.75, 3.05) is 13.2 Å². The highest BCUT2D eigenvalue weighted by Crippen LogP contribution is 2.32. The molecule has 1 amide bonds. The van der Waals surface area contributed by atoms with E-state index in [2.05, 4.69) is 10.3 Å². The largest absolute Gasteiger partial charge is 0.494 e. The second-order valence-corrected chi connectivity index (χ2v) is 6.87. The summed E-state index contributed by atoms with van der Waals surface area (Å²) in [5.41, 5.74) is 1.96. The fraction of sp³-hybridized carbons (Fsp3) is 0.550. The van der Waals surface area contributed by atoms with Crippen molar-refractivity contribution in [1.29, 1.82) is 0 Å². The lowest BCUT2D eigenvalue weighted by molar-refractivity contribution is -0.141. The number of ether oxygens (including phenoxy) is 2. The van der Waals surface area contributed by atoms with Gasteiger partial charge in [0.2, 0.25) is 11.9 Å². The smallest absolute Gasteiger partial charge is 0.302 e. The monoisotopic (exact) mass is 373 g/mol. The van der Waals surface area contributed by atoms with E-state index in [1.165, 1.54) is 6.92 Å². The van der Waals surface area contributed by atoms with Crippen molar-refractivity contribution < 1.29 is 19.1 Å². The van der Waals surface area contributed by atoms with Gasteiger partial charge in [0.1, 0.15) is 11.8 Å². The minimum Gasteiger partial charge on any atom is -0.494 e. The number of fused-ring (bicyclic) bond motifs is 2. The molecule has 0 radical (unpaired) electrons. The Morgan fingerprint density at radius 1 is 1.26 bits per heavy atom. The molecule has 7 heteroatoms. The lowest BCUT2D eigenvalue weighted by atomic mass is 10.1. The Kier molecular flexibility index (Phi) is 6.32. The molecule has 1 aromatic rings. The second kappa shape index (κ2) is 8.88. The predicted octanol–water partition coefficient (Wildman–Crippen LogP) is 2.90. The predicted molar refractivity (Wildman–Crippen MR) is 102 cm³/mol. The highest BCUT2D eigenvalue weighted by atomic mass is 16.5. The fourth-order valence-corrected chi connectivity index (χ4v) is 3.39. The average Bonchev–Trinajstić information content (AvgIpc) is 2.95. The molecule has 2 aliphatic rings. The maximum absolute atomic E-state index is 12.0. The Morgan fingerprint density at radius 2 is 2.04 bits per heavy atom. The second-order valence-electron chi connectivity index (χ2n) is 6.87. The SMILES string of the molecule is CCC1C(=O)NC2=Nc3ccc(OCCCCCCOC(C)=O)cc3CN21. The van der Waals surface area contributed by atoms with E-state index in [1.807, 2.05) is 30.0 Å². The summed E-state index contributed by atoms with van der Waals surface area (Å²) < 4.78 is 10.8. The summed E-state index contributed by atoms with van der Waals surface area (Å²) in [6, 6.07) is 5.74. The van der Waals surface area contributed by atoms with Gasteiger partial charge in [-0.05, 0) is 50.3 Å². The fourth-order valence-electron chi connectivity index (χ4n) is 3.39. The molecule has 0 bridgehead atoms. The Bertz CT molecular complexity index is 732. The van der Waals surface area contributed by atoms with E-state index in [9.17, 15) is 9.59 Å². The lowest BCUT2D eigenvalue weighted by Crippen LogP contribution is -2.36. The zero-order valence-corrected chi connectivity index (χ0v) is 16.0. The highest BCUT2D eigenvalue weighted by Gasteiger charge is 2.37. The van der Waals surface area contributed by atoms with Crippen LogP contribution in [-0.4, -0.2) is 42.0 Å². The van der Waals surface area contributed by atoms with Gasteiger partial charge in [-0.25, -0.2) is 4.99 Å². The first-order valence-corrected chi connectivity index (χ1v) is 9.63. The van der Waals surface area contributed by atoms with Gasteiger partial charge in [-0.2, -0.15) is 0 Å². The zero-order valence-electron chi connectivity index (χ0n) is 16.0. The molecule has 3 rings (SSSR count). The number of carbonyl (C=O) groups is 2. The third-order valence-corrected chi connectivity index (χ3v) is 4.80. The first-order chi connectivity index (χ1) is 13.1. The maximum atomic E-state index is 12.0. The lowest BCUT2D eigenvalue weighted by Gasteiger charge is -2.27. The highest BCUT2D eigenvalue weighted by molar-refractivity contribution is 6.07. The van der Waals surface area contributed by atoms with Gasteiger partial charge in [0.15, 0.2) is 0 Å². The molecule has 7 nitrogen and oxygen atoms in total. The van der Waals surface area contributed by atoms with Crippen LogP contribution in [0.15, 0.2) is 23.2 Å². The Balaban J connectivity index is 1.45. The molecule has 1 fully saturated rings. The number of rotatable bonds is 9. The molecule has 1 atom stereocenters. The number of hydrogen-bond acceptors (Lipinski definition) is 6. The molecule has 27 heavy (non-hydrogen) atoms. The van der Waals surface area contributed by atoms with Crippen LogP contribution in [-0.2, 0) is 20.9 Å². The number of esters is 1. The molecule has 1 N–H and O–H groups in total. The maximum Gasteiger partial charge on any atom is 0.302 e. The van der Waals surface area contributed by atoms with E-state index in [1.54, 1.807) is 0 Å². The van der Waals surface area contributed by atoms with Crippen molar-refractivity contribution in [1.82, 2.24) is 10.2 Å². The van der Waals surface area contributed by atoms with E-state index >= 15 is 0 Å². The normalized spacial score (nSPS) is 17.7. The molecule has 0 saturated carbocycles. The van der Waals surface area contributed by atoms with Crippen molar-refractivity contribution in [3.05, 3.63) is 23.8 Å². The number of unbranched alkanes of at least 4 members (excludes halogenated alkanes) is 3. The number of nitrogens with zero attached hydrogens (tertiary/aromatic N) is 2. The van der Waals surface area contributed by atoms with Crippen molar-refractivity contribution in [3.63, 3.8) is 0 Å². The van der Waals surface area contributed by atoms with Crippen molar-refractivity contribution in [2.24, 2.45) is 4.99 Å². The van der Waals surface area contributed by atoms with Gasteiger partial charge in [-0.15, -0.1) is 0 Å². The average molecular weight is 373 g/mol. The number of aliphatic imine (C=N–C) groups is 1. The Hall–Kier alpha value is -2.57. The third kappa shape index (κ3) is 4.78. The van der Waals surface area contributed by atoms with Crippen LogP contribution in [0.1, 0.15) is 51.5 Å². The summed E-state index contributed by atoms with van der Waals surface area (Å²) in [5.74, 6) is 1.29. The Labute approximate surface area is 159 Å². The summed E-state index contributed by atoms with van der Waals surface area (Å²) in [7, 11) is 0. The van der Waals surface area contributed by atoms with Crippen molar-refractivity contribution in [2.45, 2.75) is 58.5 Å². The number of guanidine groups is 1. The van der Waals surface area contributed by atoms with Crippen molar-refractivity contribution in [3.8, 4) is 5.75 Å². The van der Waals surface area contributed by atoms with Gasteiger partial charge in [0, 0.05) is 19.0 Å². The number of amides is 1. The molecular weight excluding hydrogens is 346 g/mol. The first-order valence-electron chi connectivity index (χ1n) is 9.63. The number of benzene rings is 1. The van der Waals surface area contributed by atoms with Crippen LogP contribution in [0.2, 0.25) is 0 Å². The summed E-state index contributed by atoms with van der Waals surface area (Å²) in [5, 5.41) is 2.86. The molecule has 2 aliphatic heterocycles. The summed E-state index contributed by atoms with van der Waals surface area (Å²) in [6.07, 6.45) is 4.67. The molecular formula is C20H27N3O4. The van der Waals surface area contributed by atoms with E-state index in [4.69, 9.17) is 9.47 Å². The van der Waals surface area contributed by atoms with E-state index in [0.717, 1.165) is 49.1 Å². The molecule has 2 heterocycles. The van der Waals surface area contributed by atoms with Crippen LogP contribution < -0.4 is 10.1 Å². The van der Waals surface area contributed by atoms with E-state index < -0.39 is 0 Å². The minimum atomic E-state index is -0.221. The van der Waals surface area contributed by atoms with Crippen LogP contribution in [0.25, 0.3) is 0 Å². The van der Waals surface area contributed by atoms with Crippen molar-refractivity contribution >= 4 is 23.5 Å². The summed E-state index contributed by atoms with van der Waals surface area (Å²) in [6.45, 7) is 5.25. The third-order valence-electron chi connectivity index (χ3n) is 4.80. The van der Waals surface area contributed by atoms with Crippen LogP contribution in [0.5, 0.6) is 5.75 Å². The van der Waals surface area contributed by atoms with Crippen LogP contribution in [0.4, 0.5) is 5.69 Å².